The lowest BCUT2D eigenvalue weighted by Gasteiger charge is -2.12. The number of hydrogen-bond acceptors (Lipinski definition) is 5. The van der Waals surface area contributed by atoms with Crippen LogP contribution >= 0.6 is 11.6 Å². The number of anilines is 1. The van der Waals surface area contributed by atoms with Gasteiger partial charge >= 0.3 is 0 Å². The van der Waals surface area contributed by atoms with Crippen LogP contribution in [-0.4, -0.2) is 30.1 Å². The Hall–Kier alpha value is -2.64. The highest BCUT2D eigenvalue weighted by atomic mass is 35.5. The number of halogens is 1. The minimum absolute atomic E-state index is 0.0146. The summed E-state index contributed by atoms with van der Waals surface area (Å²) in [6, 6.07) is 10.8. The Labute approximate surface area is 155 Å². The van der Waals surface area contributed by atoms with Crippen LogP contribution in [0.15, 0.2) is 42.5 Å². The van der Waals surface area contributed by atoms with E-state index in [9.17, 15) is 14.9 Å². The van der Waals surface area contributed by atoms with Crippen LogP contribution in [0.25, 0.3) is 0 Å². The molecule has 1 atom stereocenters. The Morgan fingerprint density at radius 1 is 1.31 bits per heavy atom. The van der Waals surface area contributed by atoms with Gasteiger partial charge in [0.05, 0.1) is 11.0 Å². The molecule has 7 nitrogen and oxygen atoms in total. The molecule has 0 spiro atoms. The molecule has 1 saturated heterocycles. The van der Waals surface area contributed by atoms with Crippen molar-refractivity contribution in [1.82, 2.24) is 0 Å². The molecule has 1 heterocycles. The third-order valence-corrected chi connectivity index (χ3v) is 4.30. The van der Waals surface area contributed by atoms with Crippen molar-refractivity contribution < 1.29 is 19.2 Å². The maximum absolute atomic E-state index is 12.3. The third kappa shape index (κ3) is 4.50. The van der Waals surface area contributed by atoms with Gasteiger partial charge in [0.25, 0.3) is 11.6 Å². The van der Waals surface area contributed by atoms with Gasteiger partial charge in [0.2, 0.25) is 0 Å². The summed E-state index contributed by atoms with van der Waals surface area (Å²) >= 11 is 5.76. The zero-order chi connectivity index (χ0) is 18.5. The number of benzene rings is 2. The van der Waals surface area contributed by atoms with Crippen LogP contribution in [0, 0.1) is 10.1 Å². The third-order valence-electron chi connectivity index (χ3n) is 3.98. The summed E-state index contributed by atoms with van der Waals surface area (Å²) in [5.74, 6) is 0.270. The van der Waals surface area contributed by atoms with E-state index >= 15 is 0 Å². The van der Waals surface area contributed by atoms with E-state index in [1.165, 1.54) is 18.2 Å². The fraction of sp³-hybridized carbons (Fsp3) is 0.278. The van der Waals surface area contributed by atoms with Crippen LogP contribution < -0.4 is 10.1 Å². The molecule has 1 aliphatic heterocycles. The first-order valence-electron chi connectivity index (χ1n) is 8.12. The summed E-state index contributed by atoms with van der Waals surface area (Å²) in [5, 5.41) is 13.5. The Bertz CT molecular complexity index is 804. The maximum atomic E-state index is 12.3. The lowest BCUT2D eigenvalue weighted by atomic mass is 10.2. The maximum Gasteiger partial charge on any atom is 0.289 e. The molecule has 3 rings (SSSR count). The summed E-state index contributed by atoms with van der Waals surface area (Å²) in [6.07, 6.45) is 2.17. The second-order valence-electron chi connectivity index (χ2n) is 5.85. The number of carbonyl (C=O) groups is 1. The second kappa shape index (κ2) is 8.16. The molecule has 136 valence electrons. The highest BCUT2D eigenvalue weighted by Gasteiger charge is 2.17. The molecule has 1 N–H and O–H groups in total. The van der Waals surface area contributed by atoms with Gasteiger partial charge in [-0.25, -0.2) is 0 Å². The molecule has 1 aliphatic rings. The fourth-order valence-electron chi connectivity index (χ4n) is 2.60. The van der Waals surface area contributed by atoms with Crippen molar-refractivity contribution in [1.29, 1.82) is 0 Å². The first kappa shape index (κ1) is 18.2. The van der Waals surface area contributed by atoms with Gasteiger partial charge in [-0.15, -0.1) is 0 Å². The Balaban J connectivity index is 1.61. The molecule has 2 aromatic rings. The SMILES string of the molecule is O=C(Nc1ccc(Cl)c([N+](=O)[O-])c1)c1ccc(OCC2CCCO2)cc1. The predicted molar refractivity (Wildman–Crippen MR) is 97.0 cm³/mol. The summed E-state index contributed by atoms with van der Waals surface area (Å²) < 4.78 is 11.1. The zero-order valence-electron chi connectivity index (χ0n) is 13.8. The summed E-state index contributed by atoms with van der Waals surface area (Å²) in [7, 11) is 0. The van der Waals surface area contributed by atoms with Crippen molar-refractivity contribution in [3.8, 4) is 5.75 Å². The van der Waals surface area contributed by atoms with E-state index in [0.717, 1.165) is 19.4 Å². The van der Waals surface area contributed by atoms with Crippen molar-refractivity contribution >= 4 is 28.9 Å². The lowest BCUT2D eigenvalue weighted by Crippen LogP contribution is -2.16. The van der Waals surface area contributed by atoms with Crippen molar-refractivity contribution in [3.05, 3.63) is 63.2 Å². The minimum Gasteiger partial charge on any atom is -0.491 e. The van der Waals surface area contributed by atoms with Gasteiger partial charge in [-0.2, -0.15) is 0 Å². The lowest BCUT2D eigenvalue weighted by molar-refractivity contribution is -0.384. The highest BCUT2D eigenvalue weighted by Crippen LogP contribution is 2.27. The number of amides is 1. The van der Waals surface area contributed by atoms with Crippen LogP contribution in [0.3, 0.4) is 0 Å². The molecule has 0 bridgehead atoms. The summed E-state index contributed by atoms with van der Waals surface area (Å²) in [5.41, 5.74) is 0.444. The normalized spacial score (nSPS) is 16.3. The molecule has 0 aliphatic carbocycles. The van der Waals surface area contributed by atoms with E-state index in [0.29, 0.717) is 23.6 Å². The fourth-order valence-corrected chi connectivity index (χ4v) is 2.79. The number of nitro groups is 1. The van der Waals surface area contributed by atoms with Crippen molar-refractivity contribution in [3.63, 3.8) is 0 Å². The van der Waals surface area contributed by atoms with Crippen LogP contribution in [0.1, 0.15) is 23.2 Å². The monoisotopic (exact) mass is 376 g/mol. The van der Waals surface area contributed by atoms with E-state index in [-0.39, 0.29) is 22.7 Å². The van der Waals surface area contributed by atoms with Crippen molar-refractivity contribution in [2.24, 2.45) is 0 Å². The quantitative estimate of drug-likeness (QED) is 0.606. The van der Waals surface area contributed by atoms with Crippen LogP contribution in [0.2, 0.25) is 5.02 Å². The first-order valence-corrected chi connectivity index (χ1v) is 8.50. The van der Waals surface area contributed by atoms with Crippen LogP contribution in [0.4, 0.5) is 11.4 Å². The van der Waals surface area contributed by atoms with Gasteiger partial charge in [0.1, 0.15) is 17.4 Å². The number of rotatable bonds is 6. The van der Waals surface area contributed by atoms with E-state index in [4.69, 9.17) is 21.1 Å². The smallest absolute Gasteiger partial charge is 0.289 e. The minimum atomic E-state index is -0.599. The first-order chi connectivity index (χ1) is 12.5. The number of ether oxygens (including phenoxy) is 2. The molecule has 1 fully saturated rings. The molecule has 0 radical (unpaired) electrons. The Kier molecular flexibility index (Phi) is 5.70. The second-order valence-corrected chi connectivity index (χ2v) is 6.26. The summed E-state index contributed by atoms with van der Waals surface area (Å²) in [6.45, 7) is 1.26. The molecule has 2 aromatic carbocycles. The summed E-state index contributed by atoms with van der Waals surface area (Å²) in [4.78, 5) is 22.6. The average Bonchev–Trinajstić information content (AvgIpc) is 3.15. The van der Waals surface area contributed by atoms with E-state index in [1.54, 1.807) is 24.3 Å². The standard InChI is InChI=1S/C18H17ClN2O5/c19-16-8-5-13(10-17(16)21(23)24)20-18(22)12-3-6-14(7-4-12)26-11-15-2-1-9-25-15/h3-8,10,15H,1-2,9,11H2,(H,20,22). The molecule has 8 heteroatoms. The highest BCUT2D eigenvalue weighted by molar-refractivity contribution is 6.32. The van der Waals surface area contributed by atoms with Crippen LogP contribution in [0.5, 0.6) is 5.75 Å². The van der Waals surface area contributed by atoms with Gasteiger partial charge in [0.15, 0.2) is 0 Å². The van der Waals surface area contributed by atoms with E-state index in [2.05, 4.69) is 5.32 Å². The number of carbonyl (C=O) groups excluding carboxylic acids is 1. The Morgan fingerprint density at radius 3 is 2.73 bits per heavy atom. The zero-order valence-corrected chi connectivity index (χ0v) is 14.6. The average molecular weight is 377 g/mol. The number of nitro benzene ring substituents is 1. The van der Waals surface area contributed by atoms with Gasteiger partial charge < -0.3 is 14.8 Å². The molecule has 1 amide bonds. The molecule has 26 heavy (non-hydrogen) atoms. The molecule has 0 aromatic heterocycles. The Morgan fingerprint density at radius 2 is 2.08 bits per heavy atom. The number of hydrogen-bond donors (Lipinski definition) is 1. The molecular weight excluding hydrogens is 360 g/mol. The van der Waals surface area contributed by atoms with Gasteiger partial charge in [-0.1, -0.05) is 11.6 Å². The van der Waals surface area contributed by atoms with Gasteiger partial charge in [-0.05, 0) is 49.2 Å². The van der Waals surface area contributed by atoms with Crippen molar-refractivity contribution in [2.75, 3.05) is 18.5 Å². The molecule has 1 unspecified atom stereocenters. The van der Waals surface area contributed by atoms with Gasteiger partial charge in [-0.3, -0.25) is 14.9 Å². The van der Waals surface area contributed by atoms with Crippen LogP contribution in [-0.2, 0) is 4.74 Å². The molecular formula is C18H17ClN2O5. The van der Waals surface area contributed by atoms with Crippen molar-refractivity contribution in [2.45, 2.75) is 18.9 Å². The topological polar surface area (TPSA) is 90.7 Å². The van der Waals surface area contributed by atoms with E-state index < -0.39 is 4.92 Å². The largest absolute Gasteiger partial charge is 0.491 e. The number of nitrogens with zero attached hydrogens (tertiary/aromatic N) is 1. The predicted octanol–water partition coefficient (Wildman–Crippen LogP) is 4.06. The van der Waals surface area contributed by atoms with E-state index in [1.807, 2.05) is 0 Å². The van der Waals surface area contributed by atoms with Gasteiger partial charge in [0, 0.05) is 23.9 Å². The molecule has 0 saturated carbocycles. The number of nitrogens with one attached hydrogen (secondary N) is 1.